The van der Waals surface area contributed by atoms with E-state index in [-0.39, 0.29) is 0 Å². The Morgan fingerprint density at radius 2 is 1.52 bits per heavy atom. The van der Waals surface area contributed by atoms with E-state index in [9.17, 15) is 0 Å². The molecule has 4 aromatic rings. The molecule has 0 N–H and O–H groups in total. The number of hydrogen-bond donors (Lipinski definition) is 0. The summed E-state index contributed by atoms with van der Waals surface area (Å²) in [4.78, 5) is 7.23. The van der Waals surface area contributed by atoms with Crippen molar-refractivity contribution in [3.05, 3.63) is 77.8 Å². The van der Waals surface area contributed by atoms with Gasteiger partial charge in [-0.2, -0.15) is 0 Å². The van der Waals surface area contributed by atoms with Crippen LogP contribution in [0.2, 0.25) is 5.02 Å². The van der Waals surface area contributed by atoms with Gasteiger partial charge in [0, 0.05) is 35.1 Å². The Labute approximate surface area is 164 Å². The largest absolute Gasteiger partial charge is 0.372 e. The van der Waals surface area contributed by atoms with Crippen molar-refractivity contribution < 1.29 is 0 Å². The van der Waals surface area contributed by atoms with Gasteiger partial charge in [-0.3, -0.25) is 4.57 Å². The first-order valence-electron chi connectivity index (χ1n) is 9.30. The Bertz CT molecular complexity index is 1050. The van der Waals surface area contributed by atoms with Gasteiger partial charge < -0.3 is 4.90 Å². The maximum Gasteiger partial charge on any atom is 0.145 e. The lowest BCUT2D eigenvalue weighted by Gasteiger charge is -2.21. The molecule has 0 unspecified atom stereocenters. The van der Waals surface area contributed by atoms with Crippen LogP contribution in [0.25, 0.3) is 28.1 Å². The number of imidazole rings is 1. The summed E-state index contributed by atoms with van der Waals surface area (Å²) < 4.78 is 2.21. The van der Waals surface area contributed by atoms with Crippen LogP contribution in [0.5, 0.6) is 0 Å². The summed E-state index contributed by atoms with van der Waals surface area (Å²) in [7, 11) is 0. The maximum atomic E-state index is 6.08. The van der Waals surface area contributed by atoms with Crippen LogP contribution in [0.4, 0.5) is 5.69 Å². The fourth-order valence-electron chi connectivity index (χ4n) is 3.48. The van der Waals surface area contributed by atoms with Gasteiger partial charge in [0.1, 0.15) is 5.82 Å². The maximum absolute atomic E-state index is 6.08. The highest BCUT2D eigenvalue weighted by atomic mass is 35.5. The third-order valence-electron chi connectivity index (χ3n) is 4.90. The molecule has 0 saturated carbocycles. The summed E-state index contributed by atoms with van der Waals surface area (Å²) in [5.74, 6) is 0.920. The molecule has 0 spiro atoms. The van der Waals surface area contributed by atoms with E-state index in [1.807, 2.05) is 30.3 Å². The predicted molar refractivity (Wildman–Crippen MR) is 115 cm³/mol. The minimum Gasteiger partial charge on any atom is -0.372 e. The number of halogens is 1. The number of anilines is 1. The number of benzene rings is 3. The zero-order valence-electron chi connectivity index (χ0n) is 15.6. The predicted octanol–water partition coefficient (Wildman–Crippen LogP) is 6.19. The quantitative estimate of drug-likeness (QED) is 0.414. The summed E-state index contributed by atoms with van der Waals surface area (Å²) in [5.41, 5.74) is 5.46. The molecule has 0 saturated heterocycles. The first-order valence-corrected chi connectivity index (χ1v) is 9.68. The molecule has 0 aliphatic carbocycles. The van der Waals surface area contributed by atoms with Crippen molar-refractivity contribution in [2.45, 2.75) is 13.8 Å². The Balaban J connectivity index is 1.87. The lowest BCUT2D eigenvalue weighted by atomic mass is 10.2. The average molecular weight is 376 g/mol. The van der Waals surface area contributed by atoms with E-state index >= 15 is 0 Å². The molecule has 4 heteroatoms. The van der Waals surface area contributed by atoms with Crippen LogP contribution >= 0.6 is 11.6 Å². The summed E-state index contributed by atoms with van der Waals surface area (Å²) in [5, 5.41) is 0.727. The highest BCUT2D eigenvalue weighted by Gasteiger charge is 2.14. The van der Waals surface area contributed by atoms with Crippen molar-refractivity contribution in [2.75, 3.05) is 18.0 Å². The van der Waals surface area contributed by atoms with Crippen molar-refractivity contribution in [2.24, 2.45) is 0 Å². The molecule has 0 atom stereocenters. The SMILES string of the molecule is CCN(CC)c1ccc(-n2c(-c3ccc(Cl)cc3)nc3ccccc32)cc1. The number of fused-ring (bicyclic) bond motifs is 1. The highest BCUT2D eigenvalue weighted by molar-refractivity contribution is 6.30. The van der Waals surface area contributed by atoms with Crippen LogP contribution in [0.3, 0.4) is 0 Å². The van der Waals surface area contributed by atoms with Crippen molar-refractivity contribution in [1.29, 1.82) is 0 Å². The topological polar surface area (TPSA) is 21.1 Å². The van der Waals surface area contributed by atoms with Gasteiger partial charge in [-0.1, -0.05) is 23.7 Å². The minimum absolute atomic E-state index is 0.727. The molecular weight excluding hydrogens is 354 g/mol. The smallest absolute Gasteiger partial charge is 0.145 e. The number of rotatable bonds is 5. The molecule has 4 rings (SSSR count). The number of aromatic nitrogens is 2. The highest BCUT2D eigenvalue weighted by Crippen LogP contribution is 2.30. The molecule has 1 aromatic heterocycles. The summed E-state index contributed by atoms with van der Waals surface area (Å²) in [6.07, 6.45) is 0. The fourth-order valence-corrected chi connectivity index (χ4v) is 3.61. The molecule has 27 heavy (non-hydrogen) atoms. The molecule has 3 nitrogen and oxygen atoms in total. The van der Waals surface area contributed by atoms with Crippen molar-refractivity contribution in [3.8, 4) is 17.1 Å². The van der Waals surface area contributed by atoms with Crippen molar-refractivity contribution >= 4 is 28.3 Å². The average Bonchev–Trinajstić information content (AvgIpc) is 3.09. The zero-order chi connectivity index (χ0) is 18.8. The van der Waals surface area contributed by atoms with E-state index in [2.05, 4.69) is 65.8 Å². The second-order valence-electron chi connectivity index (χ2n) is 6.46. The van der Waals surface area contributed by atoms with Gasteiger partial charge >= 0.3 is 0 Å². The third-order valence-corrected chi connectivity index (χ3v) is 5.15. The lowest BCUT2D eigenvalue weighted by molar-refractivity contribution is 0.866. The Morgan fingerprint density at radius 3 is 2.19 bits per heavy atom. The van der Waals surface area contributed by atoms with Gasteiger partial charge in [-0.15, -0.1) is 0 Å². The molecule has 0 amide bonds. The number of para-hydroxylation sites is 2. The zero-order valence-corrected chi connectivity index (χ0v) is 16.3. The number of nitrogens with zero attached hydrogens (tertiary/aromatic N) is 3. The fraction of sp³-hybridized carbons (Fsp3) is 0.174. The third kappa shape index (κ3) is 3.31. The summed E-state index contributed by atoms with van der Waals surface area (Å²) in [6, 6.07) is 24.8. The van der Waals surface area contributed by atoms with Crippen LogP contribution in [-0.2, 0) is 0 Å². The van der Waals surface area contributed by atoms with Gasteiger partial charge in [0.15, 0.2) is 0 Å². The summed E-state index contributed by atoms with van der Waals surface area (Å²) in [6.45, 7) is 6.36. The molecule has 0 aliphatic rings. The molecule has 0 fully saturated rings. The lowest BCUT2D eigenvalue weighted by Crippen LogP contribution is -2.21. The van der Waals surface area contributed by atoms with Crippen molar-refractivity contribution in [3.63, 3.8) is 0 Å². The second kappa shape index (κ2) is 7.45. The van der Waals surface area contributed by atoms with E-state index in [4.69, 9.17) is 16.6 Å². The van der Waals surface area contributed by atoms with E-state index in [0.29, 0.717) is 0 Å². The van der Waals surface area contributed by atoms with Crippen LogP contribution in [0.1, 0.15) is 13.8 Å². The first-order chi connectivity index (χ1) is 13.2. The van der Waals surface area contributed by atoms with Gasteiger partial charge in [0.25, 0.3) is 0 Å². The molecule has 136 valence electrons. The Morgan fingerprint density at radius 1 is 0.852 bits per heavy atom. The van der Waals surface area contributed by atoms with Gasteiger partial charge in [-0.05, 0) is 74.5 Å². The minimum atomic E-state index is 0.727. The molecule has 1 heterocycles. The van der Waals surface area contributed by atoms with Crippen LogP contribution < -0.4 is 4.90 Å². The van der Waals surface area contributed by atoms with Gasteiger partial charge in [-0.25, -0.2) is 4.98 Å². The molecule has 0 aliphatic heterocycles. The molecule has 3 aromatic carbocycles. The standard InChI is InChI=1S/C23H22ClN3/c1-3-26(4-2)19-13-15-20(16-14-19)27-22-8-6-5-7-21(22)25-23(27)17-9-11-18(24)12-10-17/h5-16H,3-4H2,1-2H3. The van der Waals surface area contributed by atoms with E-state index in [0.717, 1.165) is 46.2 Å². The van der Waals surface area contributed by atoms with Gasteiger partial charge in [0.05, 0.1) is 11.0 Å². The van der Waals surface area contributed by atoms with Crippen LogP contribution in [-0.4, -0.2) is 22.6 Å². The first kappa shape index (κ1) is 17.6. The Kier molecular flexibility index (Phi) is 4.87. The second-order valence-corrected chi connectivity index (χ2v) is 6.89. The molecule has 0 radical (unpaired) electrons. The normalized spacial score (nSPS) is 11.1. The van der Waals surface area contributed by atoms with Crippen LogP contribution in [0.15, 0.2) is 72.8 Å². The van der Waals surface area contributed by atoms with E-state index in [1.54, 1.807) is 0 Å². The van der Waals surface area contributed by atoms with E-state index in [1.165, 1.54) is 5.69 Å². The van der Waals surface area contributed by atoms with Crippen LogP contribution in [0, 0.1) is 0 Å². The Hall–Kier alpha value is -2.78. The molecular formula is C23H22ClN3. The van der Waals surface area contributed by atoms with E-state index < -0.39 is 0 Å². The van der Waals surface area contributed by atoms with Crippen molar-refractivity contribution in [1.82, 2.24) is 9.55 Å². The monoisotopic (exact) mass is 375 g/mol. The number of hydrogen-bond acceptors (Lipinski definition) is 2. The van der Waals surface area contributed by atoms with Gasteiger partial charge in [0.2, 0.25) is 0 Å². The summed E-state index contributed by atoms with van der Waals surface area (Å²) >= 11 is 6.08. The molecule has 0 bridgehead atoms.